The second-order valence-electron chi connectivity index (χ2n) is 12.6. The minimum atomic E-state index is -1.64. The molecule has 3 rings (SSSR count). The zero-order chi connectivity index (χ0) is 40.3. The lowest BCUT2D eigenvalue weighted by atomic mass is 10.0. The Balaban J connectivity index is 1.84. The Morgan fingerprint density at radius 1 is 0.818 bits per heavy atom. The van der Waals surface area contributed by atoms with E-state index in [2.05, 4.69) is 47.0 Å². The number of benzene rings is 1. The molecule has 0 saturated carbocycles. The number of carbonyl (C=O) groups excluding carboxylic acids is 6. The van der Waals surface area contributed by atoms with Crippen molar-refractivity contribution in [2.45, 2.75) is 75.5 Å². The van der Waals surface area contributed by atoms with Crippen LogP contribution in [0.5, 0.6) is 5.75 Å². The van der Waals surface area contributed by atoms with Gasteiger partial charge in [0.05, 0.1) is 19.4 Å². The number of phenols is 1. The maximum Gasteiger partial charge on any atom is 0.305 e. The number of hydrogen-bond donors (Lipinski definition) is 11. The molecule has 13 N–H and O–H groups in total. The summed E-state index contributed by atoms with van der Waals surface area (Å²) in [4.78, 5) is 99.0. The fourth-order valence-corrected chi connectivity index (χ4v) is 5.39. The van der Waals surface area contributed by atoms with Crippen molar-refractivity contribution in [1.29, 1.82) is 5.53 Å². The van der Waals surface area contributed by atoms with Crippen LogP contribution in [0.1, 0.15) is 49.7 Å². The van der Waals surface area contributed by atoms with Crippen LogP contribution < -0.4 is 43.4 Å². The summed E-state index contributed by atoms with van der Waals surface area (Å²) in [6.07, 6.45) is 1.41. The Morgan fingerprint density at radius 2 is 1.44 bits per heavy atom. The average Bonchev–Trinajstić information content (AvgIpc) is 3.14. The quantitative estimate of drug-likeness (QED) is 0.0387. The lowest BCUT2D eigenvalue weighted by molar-refractivity contribution is -0.141. The number of phenolic OH excluding ortho intramolecular Hbond substituents is 1. The molecule has 0 spiro atoms. The molecule has 0 aliphatic carbocycles. The molecule has 6 amide bonds. The summed E-state index contributed by atoms with van der Waals surface area (Å²) in [5.74, 6) is -6.05. The highest BCUT2D eigenvalue weighted by atomic mass is 16.4. The van der Waals surface area contributed by atoms with Crippen molar-refractivity contribution in [3.05, 3.63) is 53.7 Å². The van der Waals surface area contributed by atoms with Crippen molar-refractivity contribution < 1.29 is 43.8 Å². The minimum Gasteiger partial charge on any atom is -0.508 e. The molecule has 4 atom stereocenters. The van der Waals surface area contributed by atoms with E-state index in [1.807, 2.05) is 0 Å². The predicted octanol–water partition coefficient (Wildman–Crippen LogP) is -1.88. The van der Waals surface area contributed by atoms with Crippen molar-refractivity contribution in [2.24, 2.45) is 21.6 Å². The summed E-state index contributed by atoms with van der Waals surface area (Å²) < 4.78 is 0. The van der Waals surface area contributed by atoms with Gasteiger partial charge in [0, 0.05) is 25.7 Å². The number of nitrogens with two attached hydrogens (primary N) is 2. The van der Waals surface area contributed by atoms with E-state index in [0.717, 1.165) is 0 Å². The smallest absolute Gasteiger partial charge is 0.305 e. The topological polar surface area (TPSA) is 346 Å². The van der Waals surface area contributed by atoms with E-state index in [4.69, 9.17) is 17.0 Å². The molecule has 55 heavy (non-hydrogen) atoms. The van der Waals surface area contributed by atoms with Gasteiger partial charge in [0.25, 0.3) is 0 Å². The summed E-state index contributed by atoms with van der Waals surface area (Å²) in [6, 6.07) is 3.35. The number of aromatic nitrogens is 1. The van der Waals surface area contributed by atoms with E-state index in [0.29, 0.717) is 24.0 Å². The molecule has 21 nitrogen and oxygen atoms in total. The first-order valence-corrected chi connectivity index (χ1v) is 17.4. The first-order valence-electron chi connectivity index (χ1n) is 17.4. The Morgan fingerprint density at radius 3 is 2.07 bits per heavy atom. The van der Waals surface area contributed by atoms with Crippen LogP contribution in [-0.4, -0.2) is 106 Å². The number of carboxylic acid groups (broad SMARTS) is 1. The second-order valence-corrected chi connectivity index (χ2v) is 12.6. The van der Waals surface area contributed by atoms with Crippen LogP contribution in [0.15, 0.2) is 52.7 Å². The van der Waals surface area contributed by atoms with Gasteiger partial charge < -0.3 is 53.6 Å². The van der Waals surface area contributed by atoms with Crippen LogP contribution >= 0.6 is 0 Å². The summed E-state index contributed by atoms with van der Waals surface area (Å²) in [6.45, 7) is -0.342. The molecule has 21 heteroatoms. The van der Waals surface area contributed by atoms with Crippen molar-refractivity contribution in [3.63, 3.8) is 0 Å². The third-order valence-corrected chi connectivity index (χ3v) is 8.20. The molecule has 1 aromatic heterocycles. The largest absolute Gasteiger partial charge is 0.508 e. The van der Waals surface area contributed by atoms with E-state index < -0.39 is 72.6 Å². The maximum absolute atomic E-state index is 13.9. The Bertz CT molecular complexity index is 1720. The average molecular weight is 767 g/mol. The number of rotatable bonds is 16. The molecule has 1 fully saturated rings. The van der Waals surface area contributed by atoms with E-state index in [9.17, 15) is 43.8 Å². The Labute approximate surface area is 315 Å². The number of aromatic hydroxyl groups is 1. The number of aliphatic imine (C=N–C) groups is 1. The molecule has 1 saturated heterocycles. The van der Waals surface area contributed by atoms with Crippen LogP contribution in [0.25, 0.3) is 0 Å². The van der Waals surface area contributed by atoms with Gasteiger partial charge in [0.2, 0.25) is 35.4 Å². The van der Waals surface area contributed by atoms with Gasteiger partial charge in [-0.25, -0.2) is 10.5 Å². The molecule has 1 aliphatic heterocycles. The lowest BCUT2D eigenvalue weighted by Gasteiger charge is -2.26. The zero-order valence-corrected chi connectivity index (χ0v) is 29.9. The number of carbonyl (C=O) groups is 7. The molecule has 2 heterocycles. The molecule has 1 aliphatic rings. The van der Waals surface area contributed by atoms with Crippen molar-refractivity contribution in [2.75, 3.05) is 19.6 Å². The van der Waals surface area contributed by atoms with Crippen molar-refractivity contribution in [3.8, 4) is 5.75 Å². The van der Waals surface area contributed by atoms with Crippen LogP contribution in [0, 0.1) is 5.53 Å². The fraction of sp³-hybridized carbons (Fsp3) is 0.441. The van der Waals surface area contributed by atoms with Gasteiger partial charge in [-0.15, -0.1) is 5.11 Å². The van der Waals surface area contributed by atoms with E-state index in [1.165, 1.54) is 36.5 Å². The Kier molecular flexibility index (Phi) is 16.9. The highest BCUT2D eigenvalue weighted by molar-refractivity contribution is 5.98. The van der Waals surface area contributed by atoms with Crippen LogP contribution in [0.2, 0.25) is 0 Å². The number of nitrogens with one attached hydrogen (secondary N) is 7. The van der Waals surface area contributed by atoms with Crippen molar-refractivity contribution >= 4 is 53.2 Å². The predicted molar refractivity (Wildman–Crippen MR) is 194 cm³/mol. The maximum atomic E-state index is 13.9. The number of unbranched alkanes of at least 4 members (excludes halogenated alkanes) is 1. The second kappa shape index (κ2) is 21.8. The van der Waals surface area contributed by atoms with Crippen LogP contribution in [0.3, 0.4) is 0 Å². The van der Waals surface area contributed by atoms with Gasteiger partial charge in [0.1, 0.15) is 29.9 Å². The number of nitrogens with zero attached hydrogens (tertiary/aromatic N) is 3. The third-order valence-electron chi connectivity index (χ3n) is 8.20. The highest BCUT2D eigenvalue weighted by Crippen LogP contribution is 2.13. The highest BCUT2D eigenvalue weighted by Gasteiger charge is 2.33. The number of aliphatic carboxylic acids is 1. The minimum absolute atomic E-state index is 0.0178. The zero-order valence-electron chi connectivity index (χ0n) is 29.9. The SMILES string of the molecule is N=Nc1ccc(CC(=O)NCCCC[C@@H]2NC(=O)[C@H](CCCN=C(N)N)NC(=O)CNC(=O)[C@H](CC(=O)O)NC(=O)[C@@H](Cc3ccc(O)cc3)NC2=O)cn1. The van der Waals surface area contributed by atoms with Gasteiger partial charge in [-0.2, -0.15) is 0 Å². The van der Waals surface area contributed by atoms with E-state index in [1.54, 1.807) is 6.07 Å². The summed E-state index contributed by atoms with van der Waals surface area (Å²) >= 11 is 0. The van der Waals surface area contributed by atoms with Gasteiger partial charge in [-0.3, -0.25) is 38.6 Å². The molecule has 0 unspecified atom stereocenters. The number of hydrogen-bond acceptors (Lipinski definition) is 12. The molecular formula is C34H46N12O9. The van der Waals surface area contributed by atoms with Crippen LogP contribution in [0.4, 0.5) is 5.82 Å². The van der Waals surface area contributed by atoms with Crippen LogP contribution in [-0.2, 0) is 46.4 Å². The number of carboxylic acids is 1. The third kappa shape index (κ3) is 15.5. The Hall–Kier alpha value is -6.67. The summed E-state index contributed by atoms with van der Waals surface area (Å²) in [5, 5.41) is 37.6. The normalized spacial score (nSPS) is 19.5. The summed E-state index contributed by atoms with van der Waals surface area (Å²) in [7, 11) is 0. The lowest BCUT2D eigenvalue weighted by Crippen LogP contribution is -2.58. The first-order chi connectivity index (χ1) is 26.2. The van der Waals surface area contributed by atoms with E-state index in [-0.39, 0.29) is 68.6 Å². The number of pyridine rings is 1. The molecule has 1 aromatic carbocycles. The first kappa shape index (κ1) is 42.7. The monoisotopic (exact) mass is 766 g/mol. The number of amides is 6. The molecule has 2 aromatic rings. The molecule has 296 valence electrons. The van der Waals surface area contributed by atoms with Gasteiger partial charge >= 0.3 is 5.97 Å². The molecular weight excluding hydrogens is 720 g/mol. The van der Waals surface area contributed by atoms with Gasteiger partial charge in [-0.1, -0.05) is 18.2 Å². The molecule has 0 bridgehead atoms. The van der Waals surface area contributed by atoms with Gasteiger partial charge in [-0.05, 0) is 61.4 Å². The summed E-state index contributed by atoms with van der Waals surface area (Å²) in [5.41, 5.74) is 18.9. The molecule has 0 radical (unpaired) electrons. The van der Waals surface area contributed by atoms with Crippen molar-refractivity contribution in [1.82, 2.24) is 36.9 Å². The fourth-order valence-electron chi connectivity index (χ4n) is 5.39. The standard InChI is InChI=1S/C34H46N12O9/c35-34(36)39-13-3-5-22-31(53)43-23(4-1-2-12-38-27(48)15-20-8-11-26(46-37)40-17-20)32(54)44-24(14-19-6-9-21(47)10-7-19)33(55)45-25(16-29(50)51)30(52)41-18-28(49)42-22/h6-11,17,22-25,37,47H,1-5,12-16,18H2,(H,38,48)(H,41,52)(H,42,49)(H,43,53)(H,44,54)(H,45,55)(H,50,51)(H4,35,36,39)/t22-,23-,24+,25-/m0/s1. The number of guanidine groups is 1. The van der Waals surface area contributed by atoms with Gasteiger partial charge in [0.15, 0.2) is 11.8 Å². The van der Waals surface area contributed by atoms with E-state index >= 15 is 0 Å².